The average Bonchev–Trinajstić information content (AvgIpc) is 2.88. The van der Waals surface area contributed by atoms with Crippen molar-refractivity contribution in [3.05, 3.63) is 128 Å². The van der Waals surface area contributed by atoms with E-state index < -0.39 is 9.85 Å². The predicted octanol–water partition coefficient (Wildman–Crippen LogP) is 4.84. The van der Waals surface area contributed by atoms with E-state index in [2.05, 4.69) is 9.98 Å². The second kappa shape index (κ2) is 14.0. The molecule has 0 saturated heterocycles. The molecule has 0 spiro atoms. The molecule has 0 saturated carbocycles. The first-order chi connectivity index (χ1) is 17.3. The van der Waals surface area contributed by atoms with Gasteiger partial charge in [-0.25, -0.2) is 0 Å². The maximum Gasteiger partial charge on any atom is 2.00 e. The molecule has 0 radical (unpaired) electrons. The number of nitrogens with zero attached hydrogens (tertiary/aromatic N) is 4. The number of hydrogen-bond acceptors (Lipinski definition) is 8. The average molecular weight is 548 g/mol. The molecule has 0 atom stereocenters. The van der Waals surface area contributed by atoms with Crippen molar-refractivity contribution in [1.29, 1.82) is 0 Å². The molecule has 0 aliphatic rings. The van der Waals surface area contributed by atoms with E-state index in [1.165, 1.54) is 48.8 Å². The second-order valence-electron chi connectivity index (χ2n) is 7.15. The van der Waals surface area contributed by atoms with Gasteiger partial charge in [0.1, 0.15) is 0 Å². The van der Waals surface area contributed by atoms with Crippen LogP contribution < -0.4 is 10.2 Å². The van der Waals surface area contributed by atoms with Crippen molar-refractivity contribution >= 4 is 35.2 Å². The van der Waals surface area contributed by atoms with Crippen molar-refractivity contribution in [3.63, 3.8) is 0 Å². The summed E-state index contributed by atoms with van der Waals surface area (Å²) in [7, 11) is 0. The molecule has 4 aromatic rings. The third-order valence-corrected chi connectivity index (χ3v) is 4.62. The first-order valence-corrected chi connectivity index (χ1v) is 10.4. The normalized spacial score (nSPS) is 10.4. The van der Waals surface area contributed by atoms with Crippen LogP contribution in [0.1, 0.15) is 11.1 Å². The molecule has 0 amide bonds. The summed E-state index contributed by atoms with van der Waals surface area (Å²) in [6, 6.07) is 24.8. The van der Waals surface area contributed by atoms with Crippen LogP contribution in [0.3, 0.4) is 0 Å². The van der Waals surface area contributed by atoms with Crippen molar-refractivity contribution in [3.8, 4) is 11.5 Å². The molecule has 0 aliphatic carbocycles. The SMILES string of the molecule is O=[N+]([O-])c1cccc(N=Cc2ccccc2[O-])c1.O=[N+]([O-])c1cccc(N=Cc2ccccc2[O-])c1.[Zn+2]. The van der Waals surface area contributed by atoms with Gasteiger partial charge in [0.05, 0.1) is 21.2 Å². The monoisotopic (exact) mass is 546 g/mol. The summed E-state index contributed by atoms with van der Waals surface area (Å²) in [6.45, 7) is 0. The Morgan fingerprint density at radius 3 is 1.30 bits per heavy atom. The Morgan fingerprint density at radius 1 is 0.568 bits per heavy atom. The smallest absolute Gasteiger partial charge is 0.872 e. The van der Waals surface area contributed by atoms with Gasteiger partial charge in [-0.1, -0.05) is 60.7 Å². The molecule has 0 fully saturated rings. The summed E-state index contributed by atoms with van der Waals surface area (Å²) in [6.07, 6.45) is 2.81. The number of aliphatic imine (C=N–C) groups is 2. The summed E-state index contributed by atoms with van der Waals surface area (Å²) < 4.78 is 0. The number of benzene rings is 4. The molecule has 0 bridgehead atoms. The zero-order valence-corrected chi connectivity index (χ0v) is 22.3. The van der Waals surface area contributed by atoms with Crippen LogP contribution in [0.25, 0.3) is 0 Å². The zero-order chi connectivity index (χ0) is 25.9. The van der Waals surface area contributed by atoms with E-state index in [0.717, 1.165) is 0 Å². The van der Waals surface area contributed by atoms with Gasteiger partial charge in [-0.2, -0.15) is 0 Å². The summed E-state index contributed by atoms with van der Waals surface area (Å²) in [5.74, 6) is -0.265. The van der Waals surface area contributed by atoms with E-state index >= 15 is 0 Å². The van der Waals surface area contributed by atoms with Crippen LogP contribution in [0.15, 0.2) is 107 Å². The molecular formula is C26H18N4O6Zn. The Bertz CT molecular complexity index is 1330. The second-order valence-corrected chi connectivity index (χ2v) is 7.15. The minimum absolute atomic E-state index is 0. The van der Waals surface area contributed by atoms with Crippen molar-refractivity contribution in [2.24, 2.45) is 9.98 Å². The van der Waals surface area contributed by atoms with Gasteiger partial charge in [0, 0.05) is 36.7 Å². The topological polar surface area (TPSA) is 157 Å². The van der Waals surface area contributed by atoms with Gasteiger partial charge in [-0.05, 0) is 23.3 Å². The van der Waals surface area contributed by atoms with Crippen molar-refractivity contribution < 1.29 is 39.5 Å². The fourth-order valence-electron chi connectivity index (χ4n) is 2.84. The Kier molecular flexibility index (Phi) is 10.7. The quantitative estimate of drug-likeness (QED) is 0.145. The number of hydrogen-bond donors (Lipinski definition) is 0. The van der Waals surface area contributed by atoms with Crippen molar-refractivity contribution in [2.45, 2.75) is 0 Å². The van der Waals surface area contributed by atoms with Crippen LogP contribution in [0.4, 0.5) is 22.7 Å². The Morgan fingerprint density at radius 2 is 0.946 bits per heavy atom. The molecule has 0 aliphatic heterocycles. The van der Waals surface area contributed by atoms with E-state index in [0.29, 0.717) is 22.5 Å². The number of para-hydroxylation sites is 2. The minimum atomic E-state index is -0.486. The van der Waals surface area contributed by atoms with Gasteiger partial charge in [0.2, 0.25) is 0 Å². The van der Waals surface area contributed by atoms with Gasteiger partial charge in [-0.3, -0.25) is 30.2 Å². The third-order valence-electron chi connectivity index (χ3n) is 4.62. The number of non-ortho nitro benzene ring substituents is 2. The van der Waals surface area contributed by atoms with Crippen LogP contribution in [0, 0.1) is 20.2 Å². The summed E-state index contributed by atoms with van der Waals surface area (Å²) in [5, 5.41) is 44.0. The standard InChI is InChI=1S/2C13H10N2O3.Zn/c2*16-13-7-2-1-4-10(13)9-14-11-5-3-6-12(8-11)15(17)18;/h2*1-9,16H;/q;;+2/p-2. The van der Waals surface area contributed by atoms with Crippen LogP contribution >= 0.6 is 0 Å². The van der Waals surface area contributed by atoms with Crippen LogP contribution in [-0.2, 0) is 19.5 Å². The molecule has 0 aromatic heterocycles. The van der Waals surface area contributed by atoms with E-state index in [1.807, 2.05) is 0 Å². The summed E-state index contributed by atoms with van der Waals surface area (Å²) >= 11 is 0. The molecule has 0 heterocycles. The van der Waals surface area contributed by atoms with Gasteiger partial charge in [0.15, 0.2) is 0 Å². The molecule has 10 nitrogen and oxygen atoms in total. The summed E-state index contributed by atoms with van der Waals surface area (Å²) in [4.78, 5) is 28.3. The van der Waals surface area contributed by atoms with Crippen molar-refractivity contribution in [2.75, 3.05) is 0 Å². The predicted molar refractivity (Wildman–Crippen MR) is 132 cm³/mol. The first kappa shape index (κ1) is 28.5. The molecular weight excluding hydrogens is 530 g/mol. The third kappa shape index (κ3) is 8.75. The molecule has 4 aromatic carbocycles. The number of rotatable bonds is 6. The Hall–Kier alpha value is -4.76. The van der Waals surface area contributed by atoms with Gasteiger partial charge >= 0.3 is 19.5 Å². The number of nitro benzene ring substituents is 2. The Labute approximate surface area is 224 Å². The van der Waals surface area contributed by atoms with Gasteiger partial charge in [-0.15, -0.1) is 11.5 Å². The Balaban J connectivity index is 0.000000253. The molecule has 11 heteroatoms. The molecule has 0 N–H and O–H groups in total. The van der Waals surface area contributed by atoms with E-state index in [1.54, 1.807) is 60.7 Å². The zero-order valence-electron chi connectivity index (χ0n) is 19.3. The van der Waals surface area contributed by atoms with E-state index in [-0.39, 0.29) is 42.4 Å². The van der Waals surface area contributed by atoms with Crippen LogP contribution in [0.5, 0.6) is 11.5 Å². The fraction of sp³-hybridized carbons (Fsp3) is 0. The number of nitro groups is 2. The van der Waals surface area contributed by atoms with E-state index in [4.69, 9.17) is 0 Å². The molecule has 180 valence electrons. The van der Waals surface area contributed by atoms with Gasteiger partial charge < -0.3 is 10.2 Å². The maximum absolute atomic E-state index is 11.4. The minimum Gasteiger partial charge on any atom is -0.872 e. The van der Waals surface area contributed by atoms with E-state index in [9.17, 15) is 30.4 Å². The molecule has 0 unspecified atom stereocenters. The molecule has 37 heavy (non-hydrogen) atoms. The van der Waals surface area contributed by atoms with Crippen LogP contribution in [-0.4, -0.2) is 22.3 Å². The fourth-order valence-corrected chi connectivity index (χ4v) is 2.84. The van der Waals surface area contributed by atoms with Crippen LogP contribution in [0.2, 0.25) is 0 Å². The first-order valence-electron chi connectivity index (χ1n) is 10.4. The van der Waals surface area contributed by atoms with Gasteiger partial charge in [0.25, 0.3) is 11.4 Å². The summed E-state index contributed by atoms with van der Waals surface area (Å²) in [5.41, 5.74) is 1.72. The largest absolute Gasteiger partial charge is 2.00 e. The molecule has 4 rings (SSSR count). The maximum atomic E-state index is 11.4. The van der Waals surface area contributed by atoms with Crippen molar-refractivity contribution in [1.82, 2.24) is 0 Å².